The monoisotopic (exact) mass is 429 g/mol. The fourth-order valence-electron chi connectivity index (χ4n) is 3.73. The fraction of sp³-hybridized carbons (Fsp3) is 0.160. The average Bonchev–Trinajstić information content (AvgIpc) is 3.19. The van der Waals surface area contributed by atoms with Crippen molar-refractivity contribution < 1.29 is 14.3 Å². The van der Waals surface area contributed by atoms with Crippen molar-refractivity contribution in [3.05, 3.63) is 100 Å². The molecule has 0 bridgehead atoms. The van der Waals surface area contributed by atoms with E-state index in [4.69, 9.17) is 4.74 Å². The summed E-state index contributed by atoms with van der Waals surface area (Å²) in [5.74, 6) is -0.965. The molecule has 1 N–H and O–H groups in total. The Kier molecular flexibility index (Phi) is 5.89. The van der Waals surface area contributed by atoms with Crippen LogP contribution >= 0.6 is 0 Å². The second kappa shape index (κ2) is 8.93. The molecule has 7 heteroatoms. The zero-order valence-corrected chi connectivity index (χ0v) is 17.9. The number of methoxy groups -OCH3 is 1. The van der Waals surface area contributed by atoms with E-state index in [1.807, 2.05) is 48.0 Å². The minimum atomic E-state index is -0.548. The first-order valence-electron chi connectivity index (χ1n) is 10.2. The van der Waals surface area contributed by atoms with Crippen LogP contribution in [0.5, 0.6) is 0 Å². The van der Waals surface area contributed by atoms with Gasteiger partial charge in [0.1, 0.15) is 12.1 Å². The third-order valence-electron chi connectivity index (χ3n) is 5.25. The fourth-order valence-corrected chi connectivity index (χ4v) is 3.73. The Morgan fingerprint density at radius 2 is 1.72 bits per heavy atom. The smallest absolute Gasteiger partial charge is 0.339 e. The SMILES string of the molecule is COC(=O)c1ccccc1NC(=O)Cn1ccc2ccn(Cc3cccc(C)c3)c2c1=O. The first-order valence-corrected chi connectivity index (χ1v) is 10.2. The number of aryl methyl sites for hydroxylation is 1. The van der Waals surface area contributed by atoms with Crippen molar-refractivity contribution in [3.8, 4) is 0 Å². The summed E-state index contributed by atoms with van der Waals surface area (Å²) in [6.45, 7) is 2.41. The van der Waals surface area contributed by atoms with Crippen LogP contribution in [0.2, 0.25) is 0 Å². The van der Waals surface area contributed by atoms with Gasteiger partial charge in [-0.15, -0.1) is 0 Å². The predicted molar refractivity (Wildman–Crippen MR) is 123 cm³/mol. The maximum absolute atomic E-state index is 13.2. The van der Waals surface area contributed by atoms with Gasteiger partial charge in [0.05, 0.1) is 18.4 Å². The molecule has 7 nitrogen and oxygen atoms in total. The van der Waals surface area contributed by atoms with Gasteiger partial charge in [-0.1, -0.05) is 42.0 Å². The highest BCUT2D eigenvalue weighted by molar-refractivity contribution is 6.01. The molecule has 162 valence electrons. The number of esters is 1. The minimum Gasteiger partial charge on any atom is -0.465 e. The maximum atomic E-state index is 13.2. The van der Waals surface area contributed by atoms with E-state index < -0.39 is 11.9 Å². The number of aromatic nitrogens is 2. The van der Waals surface area contributed by atoms with Crippen LogP contribution in [0.25, 0.3) is 10.9 Å². The average molecular weight is 429 g/mol. The number of hydrogen-bond donors (Lipinski definition) is 1. The number of nitrogens with one attached hydrogen (secondary N) is 1. The second-order valence-electron chi connectivity index (χ2n) is 7.57. The summed E-state index contributed by atoms with van der Waals surface area (Å²) in [6.07, 6.45) is 3.49. The molecule has 0 aliphatic rings. The molecule has 4 aromatic rings. The van der Waals surface area contributed by atoms with E-state index in [0.717, 1.165) is 16.5 Å². The van der Waals surface area contributed by atoms with E-state index >= 15 is 0 Å². The molecular formula is C25H23N3O4. The van der Waals surface area contributed by atoms with Crippen molar-refractivity contribution in [1.82, 2.24) is 9.13 Å². The van der Waals surface area contributed by atoms with Crippen LogP contribution in [0.4, 0.5) is 5.69 Å². The lowest BCUT2D eigenvalue weighted by molar-refractivity contribution is -0.116. The van der Waals surface area contributed by atoms with Crippen LogP contribution in [-0.4, -0.2) is 28.1 Å². The zero-order chi connectivity index (χ0) is 22.7. The summed E-state index contributed by atoms with van der Waals surface area (Å²) in [5.41, 5.74) is 3.11. The number of ether oxygens (including phenoxy) is 1. The number of pyridine rings is 1. The quantitative estimate of drug-likeness (QED) is 0.475. The van der Waals surface area contributed by atoms with E-state index in [9.17, 15) is 14.4 Å². The summed E-state index contributed by atoms with van der Waals surface area (Å²) < 4.78 is 8.02. The molecule has 0 radical (unpaired) electrons. The van der Waals surface area contributed by atoms with Gasteiger partial charge in [-0.25, -0.2) is 4.79 Å². The lowest BCUT2D eigenvalue weighted by Gasteiger charge is -2.11. The summed E-state index contributed by atoms with van der Waals surface area (Å²) in [6, 6.07) is 18.4. The highest BCUT2D eigenvalue weighted by Crippen LogP contribution is 2.17. The molecule has 0 saturated carbocycles. The lowest BCUT2D eigenvalue weighted by Crippen LogP contribution is -2.28. The molecule has 0 atom stereocenters. The zero-order valence-electron chi connectivity index (χ0n) is 17.9. The Bertz CT molecular complexity index is 1370. The highest BCUT2D eigenvalue weighted by Gasteiger charge is 2.15. The molecule has 2 aromatic heterocycles. The Labute approximate surface area is 184 Å². The number of fused-ring (bicyclic) bond motifs is 1. The van der Waals surface area contributed by atoms with Crippen LogP contribution in [0, 0.1) is 6.92 Å². The van der Waals surface area contributed by atoms with Crippen molar-refractivity contribution in [2.75, 3.05) is 12.4 Å². The van der Waals surface area contributed by atoms with Gasteiger partial charge in [-0.3, -0.25) is 9.59 Å². The van der Waals surface area contributed by atoms with Crippen molar-refractivity contribution >= 4 is 28.5 Å². The molecule has 0 unspecified atom stereocenters. The normalized spacial score (nSPS) is 10.8. The number of amides is 1. The largest absolute Gasteiger partial charge is 0.465 e. The van der Waals surface area contributed by atoms with E-state index in [2.05, 4.69) is 11.4 Å². The Hall–Kier alpha value is -4.13. The molecule has 2 heterocycles. The molecule has 32 heavy (non-hydrogen) atoms. The number of hydrogen-bond acceptors (Lipinski definition) is 4. The number of carbonyl (C=O) groups excluding carboxylic acids is 2. The van der Waals surface area contributed by atoms with Gasteiger partial charge >= 0.3 is 5.97 Å². The third-order valence-corrected chi connectivity index (χ3v) is 5.25. The van der Waals surface area contributed by atoms with Crippen LogP contribution in [0.15, 0.2) is 77.9 Å². The first-order chi connectivity index (χ1) is 15.5. The van der Waals surface area contributed by atoms with Gasteiger partial charge < -0.3 is 19.2 Å². The lowest BCUT2D eigenvalue weighted by atomic mass is 10.1. The van der Waals surface area contributed by atoms with Crippen molar-refractivity contribution in [2.24, 2.45) is 0 Å². The Balaban J connectivity index is 1.59. The molecule has 4 rings (SSSR count). The van der Waals surface area contributed by atoms with Crippen molar-refractivity contribution in [3.63, 3.8) is 0 Å². The second-order valence-corrected chi connectivity index (χ2v) is 7.57. The molecule has 0 fully saturated rings. The summed E-state index contributed by atoms with van der Waals surface area (Å²) >= 11 is 0. The Morgan fingerprint density at radius 3 is 2.47 bits per heavy atom. The number of anilines is 1. The number of carbonyl (C=O) groups is 2. The molecule has 0 saturated heterocycles. The van der Waals surface area contributed by atoms with Crippen LogP contribution < -0.4 is 10.9 Å². The van der Waals surface area contributed by atoms with Crippen LogP contribution in [0.1, 0.15) is 21.5 Å². The van der Waals surface area contributed by atoms with Crippen molar-refractivity contribution in [2.45, 2.75) is 20.0 Å². The van der Waals surface area contributed by atoms with Gasteiger partial charge in [0.25, 0.3) is 5.56 Å². The maximum Gasteiger partial charge on any atom is 0.339 e. The number of para-hydroxylation sites is 1. The number of rotatable bonds is 6. The topological polar surface area (TPSA) is 82.3 Å². The van der Waals surface area contributed by atoms with Gasteiger partial charge in [0.15, 0.2) is 0 Å². The van der Waals surface area contributed by atoms with Gasteiger partial charge in [0, 0.05) is 24.3 Å². The van der Waals surface area contributed by atoms with Gasteiger partial charge in [-0.2, -0.15) is 0 Å². The van der Waals surface area contributed by atoms with Gasteiger partial charge in [0.2, 0.25) is 5.91 Å². The standard InChI is InChI=1S/C25H23N3O4/c1-17-6-5-7-18(14-17)15-27-12-10-19-11-13-28(24(30)23(19)27)16-22(29)26-21-9-4-3-8-20(21)25(31)32-2/h3-14H,15-16H2,1-2H3,(H,26,29). The van der Waals surface area contributed by atoms with E-state index in [-0.39, 0.29) is 17.7 Å². The van der Waals surface area contributed by atoms with Crippen LogP contribution in [-0.2, 0) is 22.6 Å². The highest BCUT2D eigenvalue weighted by atomic mass is 16.5. The molecule has 0 aliphatic carbocycles. The molecular weight excluding hydrogens is 406 g/mol. The van der Waals surface area contributed by atoms with Crippen molar-refractivity contribution in [1.29, 1.82) is 0 Å². The number of benzene rings is 2. The summed E-state index contributed by atoms with van der Waals surface area (Å²) in [7, 11) is 1.28. The van der Waals surface area contributed by atoms with E-state index in [1.54, 1.807) is 30.5 Å². The molecule has 0 aliphatic heterocycles. The van der Waals surface area contributed by atoms with Gasteiger partial charge in [-0.05, 0) is 36.8 Å². The molecule has 2 aromatic carbocycles. The van der Waals surface area contributed by atoms with E-state index in [0.29, 0.717) is 17.7 Å². The third kappa shape index (κ3) is 4.32. The predicted octanol–water partition coefficient (Wildman–Crippen LogP) is 3.59. The number of nitrogens with zero attached hydrogens (tertiary/aromatic N) is 2. The summed E-state index contributed by atoms with van der Waals surface area (Å²) in [5, 5.41) is 3.51. The molecule has 1 amide bonds. The van der Waals surface area contributed by atoms with Crippen LogP contribution in [0.3, 0.4) is 0 Å². The first kappa shape index (κ1) is 21.1. The molecule has 0 spiro atoms. The summed E-state index contributed by atoms with van der Waals surface area (Å²) in [4.78, 5) is 37.7. The Morgan fingerprint density at radius 1 is 0.969 bits per heavy atom. The minimum absolute atomic E-state index is 0.181. The van der Waals surface area contributed by atoms with E-state index in [1.165, 1.54) is 11.7 Å².